The Hall–Kier alpha value is -1.11. The number of Topliss-reactive ketones (excluding diaryl/α,β-unsaturated/α-hetero) is 1. The van der Waals surface area contributed by atoms with E-state index >= 15 is 0 Å². The van der Waals surface area contributed by atoms with Crippen LogP contribution in [0.15, 0.2) is 30.3 Å². The molecule has 1 aromatic rings. The molecule has 1 atom stereocenters. The lowest BCUT2D eigenvalue weighted by molar-refractivity contribution is -0.148. The highest BCUT2D eigenvalue weighted by atomic mass is 16.1. The van der Waals surface area contributed by atoms with Gasteiger partial charge in [0.1, 0.15) is 5.78 Å². The Kier molecular flexibility index (Phi) is 1.58. The van der Waals surface area contributed by atoms with Crippen LogP contribution < -0.4 is 0 Å². The monoisotopic (exact) mass is 186 g/mol. The fourth-order valence-electron chi connectivity index (χ4n) is 2.95. The minimum absolute atomic E-state index is 0.0847. The standard InChI is InChI=1S/C13H14O/c14-12-9-11(13(12)7-4-8-13)10-5-2-1-3-6-10/h1-3,5-6,11H,4,7-9H2. The van der Waals surface area contributed by atoms with Crippen molar-refractivity contribution in [3.05, 3.63) is 35.9 Å². The van der Waals surface area contributed by atoms with Gasteiger partial charge in [-0.2, -0.15) is 0 Å². The Bertz CT molecular complexity index is 362. The van der Waals surface area contributed by atoms with Gasteiger partial charge in [0.2, 0.25) is 0 Å². The summed E-state index contributed by atoms with van der Waals surface area (Å²) < 4.78 is 0. The smallest absolute Gasteiger partial charge is 0.140 e. The molecule has 1 unspecified atom stereocenters. The second-order valence-electron chi connectivity index (χ2n) is 4.60. The Balaban J connectivity index is 1.91. The zero-order valence-electron chi connectivity index (χ0n) is 8.20. The Morgan fingerprint density at radius 1 is 1.14 bits per heavy atom. The van der Waals surface area contributed by atoms with Gasteiger partial charge in [-0.25, -0.2) is 0 Å². The summed E-state index contributed by atoms with van der Waals surface area (Å²) in [6, 6.07) is 10.5. The molecule has 1 spiro atoms. The molecule has 0 heterocycles. The van der Waals surface area contributed by atoms with Gasteiger partial charge in [0.25, 0.3) is 0 Å². The molecule has 0 bridgehead atoms. The van der Waals surface area contributed by atoms with E-state index in [0.29, 0.717) is 11.7 Å². The molecule has 0 radical (unpaired) electrons. The minimum atomic E-state index is 0.0847. The third-order valence-electron chi connectivity index (χ3n) is 4.06. The van der Waals surface area contributed by atoms with Crippen molar-refractivity contribution in [1.82, 2.24) is 0 Å². The largest absolute Gasteiger partial charge is 0.299 e. The van der Waals surface area contributed by atoms with Crippen molar-refractivity contribution in [2.75, 3.05) is 0 Å². The summed E-state index contributed by atoms with van der Waals surface area (Å²) in [6.07, 6.45) is 4.29. The van der Waals surface area contributed by atoms with Crippen LogP contribution in [0.3, 0.4) is 0 Å². The summed E-state index contributed by atoms with van der Waals surface area (Å²) in [5, 5.41) is 0. The molecule has 1 heteroatoms. The summed E-state index contributed by atoms with van der Waals surface area (Å²) in [5.74, 6) is 1.04. The maximum Gasteiger partial charge on any atom is 0.140 e. The van der Waals surface area contributed by atoms with Crippen LogP contribution in [-0.4, -0.2) is 5.78 Å². The van der Waals surface area contributed by atoms with Crippen LogP contribution in [0.4, 0.5) is 0 Å². The average molecular weight is 186 g/mol. The van der Waals surface area contributed by atoms with Crippen LogP contribution in [0.5, 0.6) is 0 Å². The zero-order valence-corrected chi connectivity index (χ0v) is 8.20. The number of benzene rings is 1. The third kappa shape index (κ3) is 0.875. The highest BCUT2D eigenvalue weighted by molar-refractivity contribution is 5.94. The van der Waals surface area contributed by atoms with Crippen LogP contribution in [-0.2, 0) is 4.79 Å². The number of hydrogen-bond acceptors (Lipinski definition) is 1. The second kappa shape index (κ2) is 2.69. The predicted molar refractivity (Wildman–Crippen MR) is 55.1 cm³/mol. The van der Waals surface area contributed by atoms with Crippen molar-refractivity contribution >= 4 is 5.78 Å². The van der Waals surface area contributed by atoms with Gasteiger partial charge < -0.3 is 0 Å². The fourth-order valence-corrected chi connectivity index (χ4v) is 2.95. The van der Waals surface area contributed by atoms with Crippen molar-refractivity contribution in [1.29, 1.82) is 0 Å². The molecule has 2 saturated carbocycles. The van der Waals surface area contributed by atoms with Crippen molar-refractivity contribution in [2.45, 2.75) is 31.6 Å². The lowest BCUT2D eigenvalue weighted by Crippen LogP contribution is -2.52. The molecule has 0 aliphatic heterocycles. The molecule has 2 fully saturated rings. The number of rotatable bonds is 1. The molecule has 2 aliphatic rings. The van der Waals surface area contributed by atoms with E-state index in [2.05, 4.69) is 24.3 Å². The van der Waals surface area contributed by atoms with Crippen molar-refractivity contribution < 1.29 is 4.79 Å². The summed E-state index contributed by atoms with van der Waals surface area (Å²) >= 11 is 0. The molecule has 3 rings (SSSR count). The summed E-state index contributed by atoms with van der Waals surface area (Å²) in [5.41, 5.74) is 1.45. The van der Waals surface area contributed by atoms with Crippen molar-refractivity contribution in [2.24, 2.45) is 5.41 Å². The van der Waals surface area contributed by atoms with E-state index in [1.54, 1.807) is 0 Å². The summed E-state index contributed by atoms with van der Waals surface area (Å²) in [4.78, 5) is 11.6. The van der Waals surface area contributed by atoms with Gasteiger partial charge in [0.05, 0.1) is 0 Å². The first-order valence-electron chi connectivity index (χ1n) is 5.41. The van der Waals surface area contributed by atoms with Crippen LogP contribution in [0.25, 0.3) is 0 Å². The van der Waals surface area contributed by atoms with Gasteiger partial charge in [-0.05, 0) is 18.4 Å². The van der Waals surface area contributed by atoms with Crippen LogP contribution in [0.1, 0.15) is 37.2 Å². The molecular weight excluding hydrogens is 172 g/mol. The van der Waals surface area contributed by atoms with Crippen molar-refractivity contribution in [3.8, 4) is 0 Å². The molecule has 0 N–H and O–H groups in total. The molecular formula is C13H14O. The van der Waals surface area contributed by atoms with Crippen molar-refractivity contribution in [3.63, 3.8) is 0 Å². The number of carbonyl (C=O) groups excluding carboxylic acids is 1. The second-order valence-corrected chi connectivity index (χ2v) is 4.60. The number of hydrogen-bond donors (Lipinski definition) is 0. The van der Waals surface area contributed by atoms with E-state index < -0.39 is 0 Å². The van der Waals surface area contributed by atoms with Gasteiger partial charge in [0, 0.05) is 17.8 Å². The van der Waals surface area contributed by atoms with Gasteiger partial charge >= 0.3 is 0 Å². The highest BCUT2D eigenvalue weighted by Gasteiger charge is 2.57. The zero-order chi connectivity index (χ0) is 9.60. The van der Waals surface area contributed by atoms with Gasteiger partial charge in [-0.1, -0.05) is 36.8 Å². The molecule has 1 nitrogen and oxygen atoms in total. The fraction of sp³-hybridized carbons (Fsp3) is 0.462. The Morgan fingerprint density at radius 3 is 2.36 bits per heavy atom. The lowest BCUT2D eigenvalue weighted by Gasteiger charge is -2.54. The molecule has 0 aromatic heterocycles. The maximum absolute atomic E-state index is 11.6. The van der Waals surface area contributed by atoms with E-state index in [4.69, 9.17) is 0 Å². The van der Waals surface area contributed by atoms with E-state index in [0.717, 1.165) is 19.3 Å². The first-order valence-corrected chi connectivity index (χ1v) is 5.41. The molecule has 14 heavy (non-hydrogen) atoms. The highest BCUT2D eigenvalue weighted by Crippen LogP contribution is 2.61. The first-order chi connectivity index (χ1) is 6.83. The van der Waals surface area contributed by atoms with E-state index in [1.807, 2.05) is 6.07 Å². The predicted octanol–water partition coefficient (Wildman–Crippen LogP) is 2.91. The minimum Gasteiger partial charge on any atom is -0.299 e. The average Bonchev–Trinajstić information content (AvgIpc) is 2.13. The summed E-state index contributed by atoms with van der Waals surface area (Å²) in [6.45, 7) is 0. The Morgan fingerprint density at radius 2 is 1.86 bits per heavy atom. The molecule has 2 aliphatic carbocycles. The van der Waals surface area contributed by atoms with Gasteiger partial charge in [0.15, 0.2) is 0 Å². The van der Waals surface area contributed by atoms with E-state index in [-0.39, 0.29) is 5.41 Å². The molecule has 0 amide bonds. The normalized spacial score (nSPS) is 28.3. The van der Waals surface area contributed by atoms with Gasteiger partial charge in [-0.15, -0.1) is 0 Å². The number of ketones is 1. The first kappa shape index (κ1) is 8.22. The van der Waals surface area contributed by atoms with Crippen LogP contribution >= 0.6 is 0 Å². The van der Waals surface area contributed by atoms with Crippen LogP contribution in [0.2, 0.25) is 0 Å². The van der Waals surface area contributed by atoms with E-state index in [9.17, 15) is 4.79 Å². The Labute approximate surface area is 84.1 Å². The SMILES string of the molecule is O=C1CC(c2ccccc2)C12CCC2. The molecule has 72 valence electrons. The molecule has 0 saturated heterocycles. The van der Waals surface area contributed by atoms with E-state index in [1.165, 1.54) is 12.0 Å². The third-order valence-corrected chi connectivity index (χ3v) is 4.06. The topological polar surface area (TPSA) is 17.1 Å². The van der Waals surface area contributed by atoms with Gasteiger partial charge in [-0.3, -0.25) is 4.79 Å². The maximum atomic E-state index is 11.6. The lowest BCUT2D eigenvalue weighted by atomic mass is 9.47. The summed E-state index contributed by atoms with van der Waals surface area (Å²) in [7, 11) is 0. The van der Waals surface area contributed by atoms with Crippen LogP contribution in [0, 0.1) is 5.41 Å². The quantitative estimate of drug-likeness (QED) is 0.659. The molecule has 1 aromatic carbocycles. The number of carbonyl (C=O) groups is 1.